The van der Waals surface area contributed by atoms with Crippen molar-refractivity contribution >= 4 is 29.4 Å². The normalized spacial score (nSPS) is 19.1. The third kappa shape index (κ3) is 7.94. The first-order chi connectivity index (χ1) is 17.5. The van der Waals surface area contributed by atoms with Crippen LogP contribution in [0.4, 0.5) is 0 Å². The quantitative estimate of drug-likeness (QED) is 0.328. The van der Waals surface area contributed by atoms with Gasteiger partial charge in [-0.15, -0.1) is 0 Å². The number of benzene rings is 2. The number of hydrogen-bond acceptors (Lipinski definition) is 7. The second kappa shape index (κ2) is 12.4. The number of carbonyl (C=O) groups is 2. The first kappa shape index (κ1) is 28.5. The Morgan fingerprint density at radius 3 is 2.43 bits per heavy atom. The van der Waals surface area contributed by atoms with E-state index in [0.717, 1.165) is 5.56 Å². The molecule has 1 aliphatic heterocycles. The lowest BCUT2D eigenvalue weighted by Crippen LogP contribution is -2.51. The highest BCUT2D eigenvalue weighted by Crippen LogP contribution is 2.34. The molecule has 9 heteroatoms. The lowest BCUT2D eigenvalue weighted by atomic mass is 9.87. The molecule has 0 unspecified atom stereocenters. The van der Waals surface area contributed by atoms with E-state index < -0.39 is 23.2 Å². The Morgan fingerprint density at radius 2 is 1.81 bits per heavy atom. The third-order valence-corrected chi connectivity index (χ3v) is 6.08. The van der Waals surface area contributed by atoms with Gasteiger partial charge >= 0.3 is 5.97 Å². The number of aliphatic hydroxyl groups excluding tert-OH is 1. The fourth-order valence-electron chi connectivity index (χ4n) is 3.88. The molecule has 2 aromatic rings. The summed E-state index contributed by atoms with van der Waals surface area (Å²) in [5.41, 5.74) is -0.373. The Kier molecular flexibility index (Phi) is 9.56. The van der Waals surface area contributed by atoms with Crippen LogP contribution in [0.3, 0.4) is 0 Å². The van der Waals surface area contributed by atoms with Gasteiger partial charge in [0.15, 0.2) is 5.54 Å². The monoisotopic (exact) mass is 530 g/mol. The molecule has 0 saturated carbocycles. The number of carbonyl (C=O) groups excluding carboxylic acids is 2. The van der Waals surface area contributed by atoms with Gasteiger partial charge in [0.05, 0.1) is 6.61 Å². The fourth-order valence-corrected chi connectivity index (χ4v) is 4.00. The molecular weight excluding hydrogens is 496 g/mol. The molecule has 8 nitrogen and oxygen atoms in total. The van der Waals surface area contributed by atoms with Crippen LogP contribution in [-0.4, -0.2) is 53.3 Å². The molecule has 2 aromatic carbocycles. The smallest absolute Gasteiger partial charge is 0.306 e. The topological polar surface area (TPSA) is 106 Å². The van der Waals surface area contributed by atoms with Crippen LogP contribution in [-0.2, 0) is 25.6 Å². The molecule has 1 aliphatic rings. The summed E-state index contributed by atoms with van der Waals surface area (Å²) in [6, 6.07) is 14.4. The van der Waals surface area contributed by atoms with E-state index in [1.165, 1.54) is 0 Å². The maximum absolute atomic E-state index is 13.6. The Labute approximate surface area is 223 Å². The van der Waals surface area contributed by atoms with E-state index in [0.29, 0.717) is 35.3 Å². The summed E-state index contributed by atoms with van der Waals surface area (Å²) in [5, 5.41) is 12.5. The highest BCUT2D eigenvalue weighted by molar-refractivity contribution is 6.30. The van der Waals surface area contributed by atoms with Gasteiger partial charge in [0, 0.05) is 36.6 Å². The number of nitrogens with one attached hydrogen (secondary N) is 1. The van der Waals surface area contributed by atoms with Crippen LogP contribution in [0.15, 0.2) is 53.5 Å². The third-order valence-electron chi connectivity index (χ3n) is 5.82. The largest absolute Gasteiger partial charge is 0.494 e. The zero-order valence-corrected chi connectivity index (χ0v) is 22.5. The van der Waals surface area contributed by atoms with Crippen LogP contribution in [0.5, 0.6) is 5.75 Å². The van der Waals surface area contributed by atoms with E-state index in [4.69, 9.17) is 35.9 Å². The van der Waals surface area contributed by atoms with Crippen molar-refractivity contribution in [1.82, 2.24) is 5.32 Å². The van der Waals surface area contributed by atoms with Crippen LogP contribution < -0.4 is 10.1 Å². The summed E-state index contributed by atoms with van der Waals surface area (Å²) in [6.45, 7) is 7.93. The highest BCUT2D eigenvalue weighted by Gasteiger charge is 2.50. The first-order valence-corrected chi connectivity index (χ1v) is 12.8. The fraction of sp³-hybridized carbons (Fsp3) is 0.464. The summed E-state index contributed by atoms with van der Waals surface area (Å²) >= 11 is 5.97. The summed E-state index contributed by atoms with van der Waals surface area (Å²) in [4.78, 5) is 30.8. The SMILES string of the molecule is C[C@H]1OC(c2ccc(OCCCO)cc2)=N[C@@]1(CCC(=O)OC(C)(C)C)C(=O)NCc1ccc(Cl)cc1. The van der Waals surface area contributed by atoms with E-state index in [9.17, 15) is 9.59 Å². The number of amides is 1. The molecule has 0 spiro atoms. The summed E-state index contributed by atoms with van der Waals surface area (Å²) in [6.07, 6.45) is 0.0610. The van der Waals surface area contributed by atoms with E-state index in [1.54, 1.807) is 64.1 Å². The van der Waals surface area contributed by atoms with E-state index >= 15 is 0 Å². The number of esters is 1. The van der Waals surface area contributed by atoms with Gasteiger partial charge in [-0.05, 0) is 76.1 Å². The standard InChI is InChI=1S/C28H35ClN2O6/c1-19-28(15-14-24(33)37-27(2,3)4,26(34)30-18-20-6-10-22(29)11-7-20)31-25(36-19)21-8-12-23(13-9-21)35-17-5-16-32/h6-13,19,32H,5,14-18H2,1-4H3,(H,30,34)/t19-,28-/m1/s1. The van der Waals surface area contributed by atoms with Crippen molar-refractivity contribution in [2.24, 2.45) is 4.99 Å². The average molecular weight is 531 g/mol. The van der Waals surface area contributed by atoms with Crippen molar-refractivity contribution in [3.8, 4) is 5.75 Å². The molecule has 2 N–H and O–H groups in total. The zero-order chi connectivity index (χ0) is 27.1. The van der Waals surface area contributed by atoms with E-state index in [1.807, 2.05) is 12.1 Å². The second-order valence-electron chi connectivity index (χ2n) is 9.95. The Bertz CT molecular complexity index is 1100. The van der Waals surface area contributed by atoms with Crippen molar-refractivity contribution in [3.63, 3.8) is 0 Å². The molecule has 0 radical (unpaired) electrons. The van der Waals surface area contributed by atoms with Crippen molar-refractivity contribution in [2.45, 2.75) is 70.7 Å². The number of nitrogens with zero attached hydrogens (tertiary/aromatic N) is 1. The number of aliphatic hydroxyl groups is 1. The Balaban J connectivity index is 1.81. The van der Waals surface area contributed by atoms with Crippen molar-refractivity contribution in [3.05, 3.63) is 64.7 Å². The summed E-state index contributed by atoms with van der Waals surface area (Å²) in [7, 11) is 0. The predicted molar refractivity (Wildman–Crippen MR) is 142 cm³/mol. The molecule has 0 saturated heterocycles. The van der Waals surface area contributed by atoms with Crippen LogP contribution >= 0.6 is 11.6 Å². The minimum atomic E-state index is -1.31. The summed E-state index contributed by atoms with van der Waals surface area (Å²) < 4.78 is 17.1. The first-order valence-electron chi connectivity index (χ1n) is 12.4. The maximum Gasteiger partial charge on any atom is 0.306 e. The van der Waals surface area contributed by atoms with E-state index in [2.05, 4.69) is 5.32 Å². The highest BCUT2D eigenvalue weighted by atomic mass is 35.5. The van der Waals surface area contributed by atoms with Gasteiger partial charge in [-0.1, -0.05) is 23.7 Å². The van der Waals surface area contributed by atoms with Gasteiger partial charge in [-0.2, -0.15) is 0 Å². The number of rotatable bonds is 11. The number of aliphatic imine (C=N–C) groups is 1. The zero-order valence-electron chi connectivity index (χ0n) is 21.8. The van der Waals surface area contributed by atoms with Crippen molar-refractivity contribution in [2.75, 3.05) is 13.2 Å². The van der Waals surface area contributed by atoms with E-state index in [-0.39, 0.29) is 31.9 Å². The second-order valence-corrected chi connectivity index (χ2v) is 10.4. The molecule has 0 fully saturated rings. The van der Waals surface area contributed by atoms with Gasteiger partial charge in [0.2, 0.25) is 5.90 Å². The van der Waals surface area contributed by atoms with Crippen molar-refractivity contribution in [1.29, 1.82) is 0 Å². The molecule has 1 amide bonds. The number of hydrogen-bond donors (Lipinski definition) is 2. The van der Waals surface area contributed by atoms with Crippen LogP contribution in [0.1, 0.15) is 58.1 Å². The Hall–Kier alpha value is -3.10. The van der Waals surface area contributed by atoms with Gasteiger partial charge in [-0.25, -0.2) is 4.99 Å². The average Bonchev–Trinajstić information content (AvgIpc) is 3.19. The van der Waals surface area contributed by atoms with Crippen LogP contribution in [0, 0.1) is 0 Å². The number of halogens is 1. The number of ether oxygens (including phenoxy) is 3. The molecule has 200 valence electrons. The summed E-state index contributed by atoms with van der Waals surface area (Å²) in [5.74, 6) is 0.232. The maximum atomic E-state index is 13.6. The molecule has 1 heterocycles. The van der Waals surface area contributed by atoms with Gasteiger partial charge < -0.3 is 24.6 Å². The van der Waals surface area contributed by atoms with Crippen LogP contribution in [0.25, 0.3) is 0 Å². The lowest BCUT2D eigenvalue weighted by Gasteiger charge is -2.28. The predicted octanol–water partition coefficient (Wildman–Crippen LogP) is 4.44. The lowest BCUT2D eigenvalue weighted by molar-refractivity contribution is -0.155. The van der Waals surface area contributed by atoms with Gasteiger partial charge in [-0.3, -0.25) is 9.59 Å². The minimum Gasteiger partial charge on any atom is -0.494 e. The molecule has 0 aromatic heterocycles. The van der Waals surface area contributed by atoms with Gasteiger partial charge in [0.1, 0.15) is 17.5 Å². The molecule has 2 atom stereocenters. The van der Waals surface area contributed by atoms with Gasteiger partial charge in [0.25, 0.3) is 5.91 Å². The Morgan fingerprint density at radius 1 is 1.14 bits per heavy atom. The molecule has 37 heavy (non-hydrogen) atoms. The molecule has 0 aliphatic carbocycles. The molecular formula is C28H35ClN2O6. The molecule has 3 rings (SSSR count). The molecule has 0 bridgehead atoms. The van der Waals surface area contributed by atoms with Crippen LogP contribution in [0.2, 0.25) is 5.02 Å². The van der Waals surface area contributed by atoms with Crippen molar-refractivity contribution < 1.29 is 28.9 Å². The minimum absolute atomic E-state index is 0.00769.